The summed E-state index contributed by atoms with van der Waals surface area (Å²) < 4.78 is 49.9. The second-order valence-corrected chi connectivity index (χ2v) is 21.1. The SMILES string of the molecule is CO[C@]1(CC[C@@H](C)CO)O[C@H]2C[C@H]3[C@@H]4CC=C5C[C@@H](O[C@@H]6O[C@H](CO)[C@@H](O)[C@H](O[C@@H]7O[C@H](CO)[C@@H](O)[C@H](O)[C@H]7O)[C@H]6O[C@@H]6O[C@@H](C)[C@H](O)[C@@H](O)[C@H]6O)CC[C@]5(C)[C@H]4CC[C@]3(C)[C@H]2[C@@H]1C. The van der Waals surface area contributed by atoms with E-state index in [0.717, 1.165) is 44.9 Å². The Balaban J connectivity index is 1.01. The normalized spacial score (nSPS) is 54.3. The van der Waals surface area contributed by atoms with Crippen LogP contribution in [0.3, 0.4) is 0 Å². The fraction of sp³-hybridized carbons (Fsp3) is 0.957. The van der Waals surface area contributed by atoms with Gasteiger partial charge in [0.25, 0.3) is 0 Å². The minimum absolute atomic E-state index is 0.0833. The first-order chi connectivity index (χ1) is 30.4. The lowest BCUT2D eigenvalue weighted by Crippen LogP contribution is -2.67. The zero-order valence-electron chi connectivity index (χ0n) is 38.1. The van der Waals surface area contributed by atoms with Gasteiger partial charge in [0.05, 0.1) is 31.5 Å². The van der Waals surface area contributed by atoms with E-state index in [1.165, 1.54) is 12.5 Å². The molecule has 0 bridgehead atoms. The van der Waals surface area contributed by atoms with Crippen molar-refractivity contribution in [3.8, 4) is 0 Å². The van der Waals surface area contributed by atoms with Gasteiger partial charge in [-0.15, -0.1) is 0 Å². The molecule has 0 aromatic carbocycles. The Bertz CT molecular complexity index is 1620. The highest BCUT2D eigenvalue weighted by atomic mass is 16.8. The molecule has 26 atom stereocenters. The Labute approximate surface area is 375 Å². The summed E-state index contributed by atoms with van der Waals surface area (Å²) in [6, 6.07) is 0. The number of hydrogen-bond donors (Lipinski definition) is 10. The first-order valence-electron chi connectivity index (χ1n) is 23.8. The van der Waals surface area contributed by atoms with E-state index in [4.69, 9.17) is 37.9 Å². The minimum Gasteiger partial charge on any atom is -0.396 e. The summed E-state index contributed by atoms with van der Waals surface area (Å²) in [6.07, 6.45) is -13.5. The monoisotopic (exact) mass is 917 g/mol. The van der Waals surface area contributed by atoms with E-state index in [9.17, 15) is 51.1 Å². The van der Waals surface area contributed by atoms with Crippen LogP contribution in [0.2, 0.25) is 0 Å². The summed E-state index contributed by atoms with van der Waals surface area (Å²) in [7, 11) is 1.76. The third kappa shape index (κ3) is 8.37. The van der Waals surface area contributed by atoms with Gasteiger partial charge in [0.1, 0.15) is 67.1 Å². The predicted octanol–water partition coefficient (Wildman–Crippen LogP) is -0.177. The van der Waals surface area contributed by atoms with Crippen LogP contribution in [0.15, 0.2) is 11.6 Å². The molecule has 64 heavy (non-hydrogen) atoms. The van der Waals surface area contributed by atoms with Crippen LogP contribution in [0.5, 0.6) is 0 Å². The topological polar surface area (TPSA) is 276 Å². The number of fused-ring (bicyclic) bond motifs is 7. The molecule has 3 saturated carbocycles. The first kappa shape index (κ1) is 49.4. The molecule has 4 aliphatic heterocycles. The van der Waals surface area contributed by atoms with Crippen LogP contribution < -0.4 is 0 Å². The van der Waals surface area contributed by atoms with Crippen molar-refractivity contribution < 1.29 is 89.0 Å². The second kappa shape index (κ2) is 19.1. The van der Waals surface area contributed by atoms with Gasteiger partial charge in [-0.3, -0.25) is 0 Å². The first-order valence-corrected chi connectivity index (χ1v) is 23.8. The Morgan fingerprint density at radius 1 is 0.734 bits per heavy atom. The summed E-state index contributed by atoms with van der Waals surface area (Å²) in [5.41, 5.74) is 1.32. The van der Waals surface area contributed by atoms with E-state index in [2.05, 4.69) is 33.8 Å². The second-order valence-electron chi connectivity index (χ2n) is 21.1. The molecule has 18 nitrogen and oxygen atoms in total. The molecular formula is C46H76O18. The van der Waals surface area contributed by atoms with Crippen LogP contribution in [0.4, 0.5) is 0 Å². The number of aliphatic hydroxyl groups is 10. The van der Waals surface area contributed by atoms with Crippen molar-refractivity contribution in [2.75, 3.05) is 26.9 Å². The molecule has 4 saturated heterocycles. The molecule has 18 heteroatoms. The highest BCUT2D eigenvalue weighted by Crippen LogP contribution is 2.70. The number of methoxy groups -OCH3 is 1. The molecule has 0 aromatic rings. The van der Waals surface area contributed by atoms with Crippen molar-refractivity contribution in [3.63, 3.8) is 0 Å². The van der Waals surface area contributed by atoms with Crippen molar-refractivity contribution in [3.05, 3.63) is 11.6 Å². The average molecular weight is 917 g/mol. The quantitative estimate of drug-likeness (QED) is 0.107. The van der Waals surface area contributed by atoms with Crippen molar-refractivity contribution in [2.45, 2.75) is 203 Å². The molecule has 4 heterocycles. The maximum atomic E-state index is 11.6. The fourth-order valence-corrected chi connectivity index (χ4v) is 13.8. The van der Waals surface area contributed by atoms with Crippen LogP contribution in [0, 0.1) is 46.3 Å². The van der Waals surface area contributed by atoms with Gasteiger partial charge < -0.3 is 89.0 Å². The van der Waals surface area contributed by atoms with Gasteiger partial charge in [-0.25, -0.2) is 0 Å². The molecule has 0 aromatic heterocycles. The lowest BCUT2D eigenvalue weighted by Gasteiger charge is -2.58. The van der Waals surface area contributed by atoms with Gasteiger partial charge in [0.15, 0.2) is 24.7 Å². The predicted molar refractivity (Wildman–Crippen MR) is 222 cm³/mol. The Hall–Kier alpha value is -0.980. The lowest BCUT2D eigenvalue weighted by molar-refractivity contribution is -0.394. The number of aliphatic hydroxyl groups excluding tert-OH is 10. The zero-order chi connectivity index (χ0) is 46.2. The van der Waals surface area contributed by atoms with Crippen molar-refractivity contribution in [2.24, 2.45) is 46.3 Å². The van der Waals surface area contributed by atoms with Crippen LogP contribution in [-0.4, -0.2) is 188 Å². The largest absolute Gasteiger partial charge is 0.396 e. The van der Waals surface area contributed by atoms with Crippen molar-refractivity contribution in [1.82, 2.24) is 0 Å². The number of ether oxygens (including phenoxy) is 8. The maximum absolute atomic E-state index is 11.6. The summed E-state index contributed by atoms with van der Waals surface area (Å²) in [5.74, 6) is 1.57. The van der Waals surface area contributed by atoms with Gasteiger partial charge in [-0.1, -0.05) is 39.3 Å². The maximum Gasteiger partial charge on any atom is 0.187 e. The van der Waals surface area contributed by atoms with Gasteiger partial charge in [0, 0.05) is 26.1 Å². The summed E-state index contributed by atoms with van der Waals surface area (Å²) in [5, 5.41) is 106. The van der Waals surface area contributed by atoms with Crippen LogP contribution in [-0.2, 0) is 37.9 Å². The summed E-state index contributed by atoms with van der Waals surface area (Å²) >= 11 is 0. The molecule has 368 valence electrons. The zero-order valence-corrected chi connectivity index (χ0v) is 38.1. The Morgan fingerprint density at radius 2 is 1.38 bits per heavy atom. The van der Waals surface area contributed by atoms with Crippen LogP contribution in [0.25, 0.3) is 0 Å². The van der Waals surface area contributed by atoms with Crippen molar-refractivity contribution in [1.29, 1.82) is 0 Å². The molecule has 0 radical (unpaired) electrons. The van der Waals surface area contributed by atoms with Crippen LogP contribution >= 0.6 is 0 Å². The Morgan fingerprint density at radius 3 is 2.05 bits per heavy atom. The van der Waals surface area contributed by atoms with E-state index in [-0.39, 0.29) is 35.4 Å². The van der Waals surface area contributed by atoms with E-state index in [1.54, 1.807) is 7.11 Å². The molecule has 10 N–H and O–H groups in total. The highest BCUT2D eigenvalue weighted by molar-refractivity contribution is 5.26. The van der Waals surface area contributed by atoms with E-state index >= 15 is 0 Å². The van der Waals surface area contributed by atoms with E-state index in [0.29, 0.717) is 36.5 Å². The standard InChI is InChI=1S/C46H76O18/c1-20(17-47)9-14-46(57-6)21(2)31-28(64-46)16-27-25-8-7-23-15-24(10-12-44(23,4)26(25)11-13-45(27,31)5)59-43-40(63-41-37(55)35(53)32(50)22(3)58-41)39(34(52)30(19-49)61-43)62-42-38(56)36(54)33(51)29(18-48)60-42/h7,20-22,24-43,47-56H,8-19H2,1-6H3/t20-,21+,22+,24+,25-,26+,27+,28+,29-,30-,31+,32+,33-,34-,35-,36+,37-,38-,39+,40-,41+,42+,43-,44+,45+,46-/m1/s1. The molecule has 8 aliphatic rings. The molecule has 8 rings (SSSR count). The summed E-state index contributed by atoms with van der Waals surface area (Å²) in [4.78, 5) is 0. The highest BCUT2D eigenvalue weighted by Gasteiger charge is 2.68. The van der Waals surface area contributed by atoms with E-state index < -0.39 is 117 Å². The average Bonchev–Trinajstić information content (AvgIpc) is 3.74. The third-order valence-electron chi connectivity index (χ3n) is 17.7. The molecule has 0 spiro atoms. The van der Waals surface area contributed by atoms with Gasteiger partial charge in [-0.2, -0.15) is 0 Å². The number of rotatable bonds is 13. The summed E-state index contributed by atoms with van der Waals surface area (Å²) in [6.45, 7) is 9.43. The molecule has 4 aliphatic carbocycles. The molecular weight excluding hydrogens is 840 g/mol. The smallest absolute Gasteiger partial charge is 0.187 e. The number of allylic oxidation sites excluding steroid dienone is 1. The number of hydrogen-bond acceptors (Lipinski definition) is 18. The molecule has 0 amide bonds. The lowest BCUT2D eigenvalue weighted by atomic mass is 9.47. The van der Waals surface area contributed by atoms with Gasteiger partial charge in [0.2, 0.25) is 0 Å². The molecule has 0 unspecified atom stereocenters. The van der Waals surface area contributed by atoms with E-state index in [1.807, 2.05) is 0 Å². The minimum atomic E-state index is -1.85. The van der Waals surface area contributed by atoms with Gasteiger partial charge >= 0.3 is 0 Å². The fourth-order valence-electron chi connectivity index (χ4n) is 13.8. The van der Waals surface area contributed by atoms with Crippen LogP contribution in [0.1, 0.15) is 92.4 Å². The van der Waals surface area contributed by atoms with Crippen molar-refractivity contribution >= 4 is 0 Å². The Kier molecular flexibility index (Phi) is 14.7. The third-order valence-corrected chi connectivity index (χ3v) is 17.7. The van der Waals surface area contributed by atoms with Gasteiger partial charge in [-0.05, 0) is 98.7 Å². The molecule has 7 fully saturated rings.